The van der Waals surface area contributed by atoms with Gasteiger partial charge in [0.25, 0.3) is 10.0 Å². The van der Waals surface area contributed by atoms with E-state index < -0.39 is 10.0 Å². The van der Waals surface area contributed by atoms with Crippen molar-refractivity contribution in [2.75, 3.05) is 17.1 Å². The molecule has 0 amide bonds. The van der Waals surface area contributed by atoms with Crippen LogP contribution in [0.1, 0.15) is 5.56 Å². The van der Waals surface area contributed by atoms with E-state index in [1.807, 2.05) is 6.92 Å². The Hall–Kier alpha value is -1.79. The number of halogens is 1. The van der Waals surface area contributed by atoms with Crippen LogP contribution >= 0.6 is 11.6 Å². The Morgan fingerprint density at radius 1 is 1.25 bits per heavy atom. The number of nitrogens with one attached hydrogen (secondary N) is 2. The summed E-state index contributed by atoms with van der Waals surface area (Å²) < 4.78 is 27.1. The van der Waals surface area contributed by atoms with Crippen molar-refractivity contribution in [3.63, 3.8) is 0 Å². The third-order valence-corrected chi connectivity index (χ3v) is 4.47. The Kier molecular flexibility index (Phi) is 4.15. The highest BCUT2D eigenvalue weighted by Gasteiger charge is 2.19. The van der Waals surface area contributed by atoms with Crippen LogP contribution in [0.2, 0.25) is 5.02 Å². The minimum absolute atomic E-state index is 0.0563. The number of anilines is 2. The summed E-state index contributed by atoms with van der Waals surface area (Å²) in [4.78, 5) is 3.91. The zero-order valence-corrected chi connectivity index (χ0v) is 12.6. The van der Waals surface area contributed by atoms with Crippen molar-refractivity contribution in [2.24, 2.45) is 0 Å². The summed E-state index contributed by atoms with van der Waals surface area (Å²) in [7, 11) is -2.13. The fraction of sp³-hybridized carbons (Fsp3) is 0.154. The van der Waals surface area contributed by atoms with E-state index in [1.54, 1.807) is 37.4 Å². The molecule has 1 aromatic carbocycles. The lowest BCUT2D eigenvalue weighted by Crippen LogP contribution is -2.16. The van der Waals surface area contributed by atoms with E-state index in [9.17, 15) is 8.42 Å². The van der Waals surface area contributed by atoms with Gasteiger partial charge >= 0.3 is 0 Å². The molecule has 0 spiro atoms. The van der Waals surface area contributed by atoms with E-state index >= 15 is 0 Å². The minimum atomic E-state index is -3.77. The van der Waals surface area contributed by atoms with Crippen LogP contribution in [0.15, 0.2) is 41.6 Å². The van der Waals surface area contributed by atoms with Crippen LogP contribution in [0.25, 0.3) is 0 Å². The van der Waals surface area contributed by atoms with Crippen LogP contribution in [0, 0.1) is 6.92 Å². The quantitative estimate of drug-likeness (QED) is 0.911. The molecule has 0 fully saturated rings. The summed E-state index contributed by atoms with van der Waals surface area (Å²) in [5, 5.41) is 3.24. The maximum atomic E-state index is 12.3. The van der Waals surface area contributed by atoms with Gasteiger partial charge in [-0.3, -0.25) is 4.72 Å². The molecule has 7 heteroatoms. The molecule has 0 saturated heterocycles. The van der Waals surface area contributed by atoms with Crippen molar-refractivity contribution in [1.29, 1.82) is 0 Å². The number of benzene rings is 1. The lowest BCUT2D eigenvalue weighted by Gasteiger charge is -2.11. The predicted octanol–water partition coefficient (Wildman–Crippen LogP) is 2.89. The summed E-state index contributed by atoms with van der Waals surface area (Å²) in [5.41, 5.74) is 1.70. The molecule has 20 heavy (non-hydrogen) atoms. The van der Waals surface area contributed by atoms with Crippen molar-refractivity contribution in [1.82, 2.24) is 4.98 Å². The first-order valence-electron chi connectivity index (χ1n) is 5.86. The number of hydrogen-bond donors (Lipinski definition) is 2. The molecule has 1 heterocycles. The Balaban J connectivity index is 2.38. The zero-order valence-electron chi connectivity index (χ0n) is 11.0. The summed E-state index contributed by atoms with van der Waals surface area (Å²) in [5.74, 6) is 0. The lowest BCUT2D eigenvalue weighted by atomic mass is 10.2. The second kappa shape index (κ2) is 5.68. The molecule has 0 atom stereocenters. The molecule has 0 bridgehead atoms. The molecule has 0 aliphatic rings. The van der Waals surface area contributed by atoms with Gasteiger partial charge in [0.05, 0.1) is 11.4 Å². The monoisotopic (exact) mass is 311 g/mol. The highest BCUT2D eigenvalue weighted by atomic mass is 35.5. The fourth-order valence-electron chi connectivity index (χ4n) is 1.66. The van der Waals surface area contributed by atoms with Gasteiger partial charge in [0.1, 0.15) is 0 Å². The Labute approximate surface area is 123 Å². The standard InChI is InChI=1S/C13H14ClN3O2S/c1-9-5-6-10(8-11(9)14)17-20(18,19)13-12(15-2)4-3-7-16-13/h3-8,15,17H,1-2H3. The van der Waals surface area contributed by atoms with Crippen molar-refractivity contribution in [2.45, 2.75) is 11.9 Å². The number of aryl methyl sites for hydroxylation is 1. The third-order valence-electron chi connectivity index (χ3n) is 2.72. The van der Waals surface area contributed by atoms with Crippen LogP contribution in [-0.4, -0.2) is 20.4 Å². The zero-order chi connectivity index (χ0) is 14.8. The number of pyridine rings is 1. The third kappa shape index (κ3) is 3.02. The normalized spacial score (nSPS) is 11.2. The SMILES string of the molecule is CNc1cccnc1S(=O)(=O)Nc1ccc(C)c(Cl)c1. The molecule has 5 nitrogen and oxygen atoms in total. The van der Waals surface area contributed by atoms with Crippen LogP contribution in [0.3, 0.4) is 0 Å². The van der Waals surface area contributed by atoms with Crippen LogP contribution in [0.5, 0.6) is 0 Å². The van der Waals surface area contributed by atoms with Gasteiger partial charge in [0.15, 0.2) is 5.03 Å². The van der Waals surface area contributed by atoms with E-state index in [1.165, 1.54) is 6.20 Å². The first kappa shape index (κ1) is 14.6. The van der Waals surface area contributed by atoms with E-state index in [0.717, 1.165) is 5.56 Å². The van der Waals surface area contributed by atoms with E-state index in [2.05, 4.69) is 15.0 Å². The van der Waals surface area contributed by atoms with Gasteiger partial charge < -0.3 is 5.32 Å². The van der Waals surface area contributed by atoms with Crippen molar-refractivity contribution < 1.29 is 8.42 Å². The average Bonchev–Trinajstić information content (AvgIpc) is 2.42. The van der Waals surface area contributed by atoms with Crippen molar-refractivity contribution in [3.05, 3.63) is 47.1 Å². The summed E-state index contributed by atoms with van der Waals surface area (Å²) in [6.07, 6.45) is 1.43. The van der Waals surface area contributed by atoms with Gasteiger partial charge in [-0.15, -0.1) is 0 Å². The van der Waals surface area contributed by atoms with Gasteiger partial charge in [0, 0.05) is 18.3 Å². The molecule has 2 rings (SSSR count). The highest BCUT2D eigenvalue weighted by Crippen LogP contribution is 2.24. The maximum absolute atomic E-state index is 12.3. The molecule has 106 valence electrons. The minimum Gasteiger partial charge on any atom is -0.386 e. The van der Waals surface area contributed by atoms with E-state index in [-0.39, 0.29) is 5.03 Å². The first-order chi connectivity index (χ1) is 9.44. The van der Waals surface area contributed by atoms with Gasteiger partial charge in [-0.2, -0.15) is 8.42 Å². The molecule has 1 aromatic heterocycles. The maximum Gasteiger partial charge on any atom is 0.281 e. The van der Waals surface area contributed by atoms with Crippen LogP contribution in [0.4, 0.5) is 11.4 Å². The Morgan fingerprint density at radius 2 is 2.00 bits per heavy atom. The molecule has 0 radical (unpaired) electrons. The van der Waals surface area contributed by atoms with Crippen molar-refractivity contribution in [3.8, 4) is 0 Å². The second-order valence-electron chi connectivity index (χ2n) is 4.18. The molecular weight excluding hydrogens is 298 g/mol. The molecule has 0 aliphatic heterocycles. The van der Waals surface area contributed by atoms with Crippen LogP contribution < -0.4 is 10.0 Å². The molecule has 0 aliphatic carbocycles. The number of aromatic nitrogens is 1. The van der Waals surface area contributed by atoms with Crippen molar-refractivity contribution >= 4 is 33.0 Å². The number of nitrogens with zero attached hydrogens (tertiary/aromatic N) is 1. The smallest absolute Gasteiger partial charge is 0.281 e. The summed E-state index contributed by atoms with van der Waals surface area (Å²) >= 11 is 5.98. The van der Waals surface area contributed by atoms with Gasteiger partial charge in [-0.1, -0.05) is 17.7 Å². The largest absolute Gasteiger partial charge is 0.386 e. The Morgan fingerprint density at radius 3 is 2.65 bits per heavy atom. The topological polar surface area (TPSA) is 71.1 Å². The Bertz CT molecular complexity index is 732. The van der Waals surface area contributed by atoms with E-state index in [0.29, 0.717) is 16.4 Å². The van der Waals surface area contributed by atoms with Gasteiger partial charge in [-0.25, -0.2) is 4.98 Å². The van der Waals surface area contributed by atoms with E-state index in [4.69, 9.17) is 11.6 Å². The lowest BCUT2D eigenvalue weighted by molar-refractivity contribution is 0.598. The highest BCUT2D eigenvalue weighted by molar-refractivity contribution is 7.92. The molecule has 2 aromatic rings. The first-order valence-corrected chi connectivity index (χ1v) is 7.72. The molecule has 0 saturated carbocycles. The second-order valence-corrected chi connectivity index (χ2v) is 6.18. The predicted molar refractivity (Wildman–Crippen MR) is 80.8 cm³/mol. The number of sulfonamides is 1. The summed E-state index contributed by atoms with van der Waals surface area (Å²) in [6, 6.07) is 8.27. The summed E-state index contributed by atoms with van der Waals surface area (Å²) in [6.45, 7) is 1.85. The average molecular weight is 312 g/mol. The van der Waals surface area contributed by atoms with Gasteiger partial charge in [0.2, 0.25) is 0 Å². The molecule has 0 unspecified atom stereocenters. The molecule has 2 N–H and O–H groups in total. The number of hydrogen-bond acceptors (Lipinski definition) is 4. The fourth-order valence-corrected chi connectivity index (χ4v) is 3.03. The van der Waals surface area contributed by atoms with Gasteiger partial charge in [-0.05, 0) is 36.8 Å². The van der Waals surface area contributed by atoms with Crippen LogP contribution in [-0.2, 0) is 10.0 Å². The number of rotatable bonds is 4. The molecular formula is C13H14ClN3O2S.